The van der Waals surface area contributed by atoms with E-state index in [1.54, 1.807) is 30.3 Å². The molecule has 2 aromatic rings. The molecule has 8 heteroatoms. The Kier molecular flexibility index (Phi) is 6.00. The van der Waals surface area contributed by atoms with Gasteiger partial charge in [-0.25, -0.2) is 13.4 Å². The van der Waals surface area contributed by atoms with E-state index >= 15 is 0 Å². The van der Waals surface area contributed by atoms with Crippen LogP contribution in [0.1, 0.15) is 35.2 Å². The van der Waals surface area contributed by atoms with Crippen molar-refractivity contribution in [3.05, 3.63) is 47.7 Å². The molecule has 1 aromatic carbocycles. The molecule has 2 heterocycles. The van der Waals surface area contributed by atoms with Crippen molar-refractivity contribution in [1.29, 1.82) is 0 Å². The van der Waals surface area contributed by atoms with Crippen molar-refractivity contribution < 1.29 is 13.2 Å². The van der Waals surface area contributed by atoms with E-state index < -0.39 is 10.0 Å². The van der Waals surface area contributed by atoms with Crippen molar-refractivity contribution in [3.63, 3.8) is 0 Å². The first-order valence-corrected chi connectivity index (χ1v) is 10.8. The minimum atomic E-state index is -3.55. The number of anilines is 2. The van der Waals surface area contributed by atoms with Crippen LogP contribution in [0.25, 0.3) is 0 Å². The second-order valence-electron chi connectivity index (χ2n) is 7.20. The van der Waals surface area contributed by atoms with Gasteiger partial charge in [0, 0.05) is 39.1 Å². The number of piperidine rings is 1. The molecule has 1 fully saturated rings. The molecule has 7 nitrogen and oxygen atoms in total. The number of aromatic nitrogens is 1. The van der Waals surface area contributed by atoms with Crippen molar-refractivity contribution in [2.45, 2.75) is 31.1 Å². The van der Waals surface area contributed by atoms with Gasteiger partial charge >= 0.3 is 0 Å². The van der Waals surface area contributed by atoms with Gasteiger partial charge in [0.15, 0.2) is 0 Å². The molecule has 0 spiro atoms. The van der Waals surface area contributed by atoms with Gasteiger partial charge < -0.3 is 10.2 Å². The van der Waals surface area contributed by atoms with Gasteiger partial charge in [-0.3, -0.25) is 4.79 Å². The molecule has 150 valence electrons. The van der Waals surface area contributed by atoms with Crippen LogP contribution in [0.2, 0.25) is 0 Å². The highest BCUT2D eigenvalue weighted by molar-refractivity contribution is 7.89. The standard InChI is InChI=1S/C20H26N4O3S/c1-15-7-9-17(28(26,27)24-11-5-4-6-12-24)13-18(15)22-20(25)16-8-10-19(21-14-16)23(2)3/h7-10,13-14H,4-6,11-12H2,1-3H3,(H,22,25). The maximum absolute atomic E-state index is 12.9. The first-order chi connectivity index (χ1) is 13.3. The number of nitrogens with zero attached hydrogens (tertiary/aromatic N) is 3. The smallest absolute Gasteiger partial charge is 0.257 e. The summed E-state index contributed by atoms with van der Waals surface area (Å²) in [5.41, 5.74) is 1.69. The highest BCUT2D eigenvalue weighted by atomic mass is 32.2. The minimum absolute atomic E-state index is 0.205. The number of hydrogen-bond acceptors (Lipinski definition) is 5. The van der Waals surface area contributed by atoms with Gasteiger partial charge in [-0.05, 0) is 49.6 Å². The number of sulfonamides is 1. The maximum Gasteiger partial charge on any atom is 0.257 e. The first-order valence-electron chi connectivity index (χ1n) is 9.34. The van der Waals surface area contributed by atoms with Crippen LogP contribution in [-0.2, 0) is 10.0 Å². The number of hydrogen-bond donors (Lipinski definition) is 1. The van der Waals surface area contributed by atoms with Crippen LogP contribution in [0, 0.1) is 6.92 Å². The molecule has 1 aliphatic heterocycles. The molecule has 0 unspecified atom stereocenters. The average Bonchev–Trinajstić information content (AvgIpc) is 2.70. The predicted octanol–water partition coefficient (Wildman–Crippen LogP) is 2.88. The second-order valence-corrected chi connectivity index (χ2v) is 9.13. The monoisotopic (exact) mass is 402 g/mol. The summed E-state index contributed by atoms with van der Waals surface area (Å²) < 4.78 is 27.3. The van der Waals surface area contributed by atoms with Crippen molar-refractivity contribution in [1.82, 2.24) is 9.29 Å². The number of benzene rings is 1. The number of carbonyl (C=O) groups excluding carboxylic acids is 1. The third kappa shape index (κ3) is 4.34. The van der Waals surface area contributed by atoms with E-state index in [1.165, 1.54) is 10.5 Å². The van der Waals surface area contributed by atoms with Crippen molar-refractivity contribution in [2.24, 2.45) is 0 Å². The molecule has 1 N–H and O–H groups in total. The molecule has 0 bridgehead atoms. The molecule has 1 amide bonds. The molecule has 1 saturated heterocycles. The first kappa shape index (κ1) is 20.3. The number of carbonyl (C=O) groups is 1. The number of pyridine rings is 1. The van der Waals surface area contributed by atoms with Crippen LogP contribution >= 0.6 is 0 Å². The fraction of sp³-hybridized carbons (Fsp3) is 0.400. The van der Waals surface area contributed by atoms with Gasteiger partial charge in [0.25, 0.3) is 5.91 Å². The van der Waals surface area contributed by atoms with Gasteiger partial charge in [0.05, 0.1) is 10.5 Å². The van der Waals surface area contributed by atoms with Crippen LogP contribution in [-0.4, -0.2) is 50.8 Å². The van der Waals surface area contributed by atoms with E-state index in [9.17, 15) is 13.2 Å². The number of rotatable bonds is 5. The van der Waals surface area contributed by atoms with E-state index in [2.05, 4.69) is 10.3 Å². The molecular weight excluding hydrogens is 376 g/mol. The summed E-state index contributed by atoms with van der Waals surface area (Å²) in [5.74, 6) is 0.427. The van der Waals surface area contributed by atoms with Crippen LogP contribution in [0.5, 0.6) is 0 Å². The highest BCUT2D eigenvalue weighted by Crippen LogP contribution is 2.25. The van der Waals surface area contributed by atoms with Crippen LogP contribution in [0.3, 0.4) is 0 Å². The Morgan fingerprint density at radius 3 is 2.43 bits per heavy atom. The highest BCUT2D eigenvalue weighted by Gasteiger charge is 2.26. The van der Waals surface area contributed by atoms with Crippen LogP contribution in [0.4, 0.5) is 11.5 Å². The van der Waals surface area contributed by atoms with E-state index in [-0.39, 0.29) is 10.8 Å². The van der Waals surface area contributed by atoms with Gasteiger partial charge in [-0.15, -0.1) is 0 Å². The third-order valence-corrected chi connectivity index (χ3v) is 6.77. The number of nitrogens with one attached hydrogen (secondary N) is 1. The van der Waals surface area contributed by atoms with Gasteiger partial charge in [0.1, 0.15) is 5.82 Å². The summed E-state index contributed by atoms with van der Waals surface area (Å²) >= 11 is 0. The molecular formula is C20H26N4O3S. The molecule has 0 radical (unpaired) electrons. The summed E-state index contributed by atoms with van der Waals surface area (Å²) in [4.78, 5) is 18.9. The Morgan fingerprint density at radius 2 is 1.82 bits per heavy atom. The Labute approximate surface area is 166 Å². The Bertz CT molecular complexity index is 950. The summed E-state index contributed by atoms with van der Waals surface area (Å²) in [6.45, 7) is 2.92. The summed E-state index contributed by atoms with van der Waals surface area (Å²) in [5, 5.41) is 2.82. The van der Waals surface area contributed by atoms with E-state index in [4.69, 9.17) is 0 Å². The fourth-order valence-electron chi connectivity index (χ4n) is 3.13. The topological polar surface area (TPSA) is 82.6 Å². The second kappa shape index (κ2) is 8.28. The SMILES string of the molecule is Cc1ccc(S(=O)(=O)N2CCCCC2)cc1NC(=O)c1ccc(N(C)C)nc1. The van der Waals surface area contributed by atoms with Crippen LogP contribution in [0.15, 0.2) is 41.4 Å². The fourth-order valence-corrected chi connectivity index (χ4v) is 4.67. The lowest BCUT2D eigenvalue weighted by atomic mass is 10.2. The zero-order chi connectivity index (χ0) is 20.3. The maximum atomic E-state index is 12.9. The molecule has 0 aliphatic carbocycles. The van der Waals surface area contributed by atoms with Crippen molar-refractivity contribution in [2.75, 3.05) is 37.4 Å². The number of aryl methyl sites for hydroxylation is 1. The lowest BCUT2D eigenvalue weighted by Crippen LogP contribution is -2.35. The Morgan fingerprint density at radius 1 is 1.11 bits per heavy atom. The third-order valence-electron chi connectivity index (χ3n) is 4.88. The quantitative estimate of drug-likeness (QED) is 0.832. The average molecular weight is 403 g/mol. The van der Waals surface area contributed by atoms with Gasteiger partial charge in [0.2, 0.25) is 10.0 Å². The largest absolute Gasteiger partial charge is 0.363 e. The normalized spacial score (nSPS) is 15.2. The van der Waals surface area contributed by atoms with E-state index in [0.29, 0.717) is 24.3 Å². The molecule has 0 atom stereocenters. The summed E-state index contributed by atoms with van der Waals surface area (Å²) in [6, 6.07) is 8.32. The van der Waals surface area contributed by atoms with E-state index in [1.807, 2.05) is 25.9 Å². The summed E-state index contributed by atoms with van der Waals surface area (Å²) in [7, 11) is 0.197. The lowest BCUT2D eigenvalue weighted by molar-refractivity contribution is 0.102. The lowest BCUT2D eigenvalue weighted by Gasteiger charge is -2.26. The zero-order valence-corrected chi connectivity index (χ0v) is 17.3. The van der Waals surface area contributed by atoms with Gasteiger partial charge in [-0.1, -0.05) is 12.5 Å². The molecule has 3 rings (SSSR count). The Balaban J connectivity index is 1.82. The minimum Gasteiger partial charge on any atom is -0.363 e. The van der Waals surface area contributed by atoms with Crippen molar-refractivity contribution in [3.8, 4) is 0 Å². The van der Waals surface area contributed by atoms with Crippen LogP contribution < -0.4 is 10.2 Å². The zero-order valence-electron chi connectivity index (χ0n) is 16.5. The molecule has 1 aromatic heterocycles. The molecule has 0 saturated carbocycles. The molecule has 28 heavy (non-hydrogen) atoms. The summed E-state index contributed by atoms with van der Waals surface area (Å²) in [6.07, 6.45) is 4.32. The van der Waals surface area contributed by atoms with E-state index in [0.717, 1.165) is 30.6 Å². The molecule has 1 aliphatic rings. The Hall–Kier alpha value is -2.45. The van der Waals surface area contributed by atoms with Gasteiger partial charge in [-0.2, -0.15) is 4.31 Å². The predicted molar refractivity (Wildman–Crippen MR) is 110 cm³/mol. The number of amides is 1. The van der Waals surface area contributed by atoms with Crippen molar-refractivity contribution >= 4 is 27.4 Å².